The third kappa shape index (κ3) is 3.39. The number of nitrogens with one attached hydrogen (secondary N) is 2. The van der Waals surface area contributed by atoms with Gasteiger partial charge in [-0.2, -0.15) is 0 Å². The number of ether oxygens (including phenoxy) is 1. The maximum absolute atomic E-state index is 12.4. The van der Waals surface area contributed by atoms with Gasteiger partial charge in [0, 0.05) is 25.4 Å². The number of nitrogens with zero attached hydrogens (tertiary/aromatic N) is 1. The third-order valence-corrected chi connectivity index (χ3v) is 3.23. The highest BCUT2D eigenvalue weighted by molar-refractivity contribution is 5.94. The maximum Gasteiger partial charge on any atom is 0.288 e. The predicted molar refractivity (Wildman–Crippen MR) is 75.7 cm³/mol. The lowest BCUT2D eigenvalue weighted by atomic mass is 10.2. The van der Waals surface area contributed by atoms with Gasteiger partial charge in [-0.25, -0.2) is 5.43 Å². The highest BCUT2D eigenvalue weighted by Gasteiger charge is 2.23. The molecule has 1 amide bonds. The highest BCUT2D eigenvalue weighted by Crippen LogP contribution is 2.14. The van der Waals surface area contributed by atoms with Crippen molar-refractivity contribution in [2.75, 3.05) is 19.7 Å². The Hall–Kier alpha value is -1.82. The number of hydrogen-bond acceptors (Lipinski definition) is 4. The Bertz CT molecular complexity index is 507. The molecule has 2 heterocycles. The zero-order chi connectivity index (χ0) is 14.4. The molecule has 0 radical (unpaired) electrons. The summed E-state index contributed by atoms with van der Waals surface area (Å²) >= 11 is 0. The van der Waals surface area contributed by atoms with Gasteiger partial charge in [0.05, 0.1) is 6.61 Å². The molecule has 0 aromatic carbocycles. The van der Waals surface area contributed by atoms with Gasteiger partial charge in [0.1, 0.15) is 0 Å². The van der Waals surface area contributed by atoms with Crippen LogP contribution in [0.1, 0.15) is 43.1 Å². The number of aromatic amines is 1. The number of aromatic nitrogens is 1. The van der Waals surface area contributed by atoms with Crippen molar-refractivity contribution in [3.63, 3.8) is 0 Å². The minimum absolute atomic E-state index is 0.123. The standard InChI is InChI=1S/C14H21N3O3/c1-2-3-10-20-13-11(18)6-8-15-12(13)14(19)17-9-5-4-7-16-17/h6,8,16H,2-5,7,9-10H2,1H3,(H,15,18). The highest BCUT2D eigenvalue weighted by atomic mass is 16.5. The van der Waals surface area contributed by atoms with E-state index < -0.39 is 0 Å². The molecular weight excluding hydrogens is 258 g/mol. The first-order valence-electron chi connectivity index (χ1n) is 7.14. The van der Waals surface area contributed by atoms with Gasteiger partial charge in [0.25, 0.3) is 5.91 Å². The van der Waals surface area contributed by atoms with E-state index in [9.17, 15) is 9.59 Å². The molecule has 1 aromatic heterocycles. The summed E-state index contributed by atoms with van der Waals surface area (Å²) in [7, 11) is 0. The summed E-state index contributed by atoms with van der Waals surface area (Å²) in [4.78, 5) is 27.1. The van der Waals surface area contributed by atoms with E-state index in [2.05, 4.69) is 10.4 Å². The SMILES string of the molecule is CCCCOc1c(C(=O)N2CCCCN2)[nH]ccc1=O. The van der Waals surface area contributed by atoms with Crippen LogP contribution in [0.25, 0.3) is 0 Å². The molecule has 110 valence electrons. The molecule has 2 N–H and O–H groups in total. The molecule has 20 heavy (non-hydrogen) atoms. The molecule has 1 aromatic rings. The van der Waals surface area contributed by atoms with E-state index in [4.69, 9.17) is 4.74 Å². The van der Waals surface area contributed by atoms with Crippen LogP contribution in [0.3, 0.4) is 0 Å². The van der Waals surface area contributed by atoms with Crippen LogP contribution in [-0.4, -0.2) is 35.6 Å². The van der Waals surface area contributed by atoms with E-state index in [-0.39, 0.29) is 22.8 Å². The van der Waals surface area contributed by atoms with Crippen molar-refractivity contribution in [3.8, 4) is 5.75 Å². The lowest BCUT2D eigenvalue weighted by Gasteiger charge is -2.27. The van der Waals surface area contributed by atoms with Crippen LogP contribution in [0, 0.1) is 0 Å². The molecule has 0 spiro atoms. The topological polar surface area (TPSA) is 74.4 Å². The fourth-order valence-electron chi connectivity index (χ4n) is 2.08. The van der Waals surface area contributed by atoms with Crippen molar-refractivity contribution in [2.45, 2.75) is 32.6 Å². The Morgan fingerprint density at radius 3 is 3.00 bits per heavy atom. The fraction of sp³-hybridized carbons (Fsp3) is 0.571. The van der Waals surface area contributed by atoms with Gasteiger partial charge in [-0.3, -0.25) is 14.6 Å². The Kier molecular flexibility index (Phi) is 5.17. The summed E-state index contributed by atoms with van der Waals surface area (Å²) < 4.78 is 5.50. The van der Waals surface area contributed by atoms with Crippen molar-refractivity contribution >= 4 is 5.91 Å². The molecule has 0 unspecified atom stereocenters. The summed E-state index contributed by atoms with van der Waals surface area (Å²) in [5, 5.41) is 1.54. The summed E-state index contributed by atoms with van der Waals surface area (Å²) in [6.45, 7) is 3.90. The molecule has 1 fully saturated rings. The number of unbranched alkanes of at least 4 members (excludes halogenated alkanes) is 1. The van der Waals surface area contributed by atoms with Crippen LogP contribution in [0.15, 0.2) is 17.1 Å². The van der Waals surface area contributed by atoms with Crippen LogP contribution in [0.5, 0.6) is 5.75 Å². The molecule has 1 saturated heterocycles. The van der Waals surface area contributed by atoms with Crippen LogP contribution < -0.4 is 15.6 Å². The molecule has 0 aliphatic carbocycles. The first-order valence-corrected chi connectivity index (χ1v) is 7.14. The van der Waals surface area contributed by atoms with Gasteiger partial charge in [-0.1, -0.05) is 13.3 Å². The van der Waals surface area contributed by atoms with Gasteiger partial charge in [-0.05, 0) is 19.3 Å². The summed E-state index contributed by atoms with van der Waals surface area (Å²) in [5.41, 5.74) is 3.00. The maximum atomic E-state index is 12.4. The van der Waals surface area contributed by atoms with Gasteiger partial charge < -0.3 is 9.72 Å². The molecule has 0 atom stereocenters. The number of carbonyl (C=O) groups is 1. The molecule has 0 bridgehead atoms. The minimum atomic E-state index is -0.264. The van der Waals surface area contributed by atoms with E-state index in [0.717, 1.165) is 32.2 Å². The van der Waals surface area contributed by atoms with Crippen molar-refractivity contribution in [1.29, 1.82) is 0 Å². The average molecular weight is 279 g/mol. The molecule has 6 nitrogen and oxygen atoms in total. The quantitative estimate of drug-likeness (QED) is 0.797. The number of hydrogen-bond donors (Lipinski definition) is 2. The second-order valence-corrected chi connectivity index (χ2v) is 4.82. The summed E-state index contributed by atoms with van der Waals surface area (Å²) in [5.74, 6) is -0.118. The van der Waals surface area contributed by atoms with Crippen molar-refractivity contribution in [1.82, 2.24) is 15.4 Å². The van der Waals surface area contributed by atoms with Gasteiger partial charge in [0.2, 0.25) is 5.43 Å². The van der Waals surface area contributed by atoms with E-state index in [0.29, 0.717) is 13.2 Å². The molecule has 0 saturated carbocycles. The van der Waals surface area contributed by atoms with Crippen molar-refractivity contribution < 1.29 is 9.53 Å². The van der Waals surface area contributed by atoms with E-state index in [1.165, 1.54) is 12.3 Å². The van der Waals surface area contributed by atoms with Crippen molar-refractivity contribution in [2.24, 2.45) is 0 Å². The van der Waals surface area contributed by atoms with Crippen LogP contribution in [-0.2, 0) is 0 Å². The van der Waals surface area contributed by atoms with E-state index in [1.54, 1.807) is 5.01 Å². The monoisotopic (exact) mass is 279 g/mol. The zero-order valence-electron chi connectivity index (χ0n) is 11.8. The lowest BCUT2D eigenvalue weighted by molar-refractivity contribution is 0.0599. The zero-order valence-corrected chi connectivity index (χ0v) is 11.8. The molecule has 2 rings (SSSR count). The molecule has 6 heteroatoms. The number of pyridine rings is 1. The summed E-state index contributed by atoms with van der Waals surface area (Å²) in [6, 6.07) is 1.38. The Labute approximate surface area is 118 Å². The Balaban J connectivity index is 2.18. The van der Waals surface area contributed by atoms with E-state index >= 15 is 0 Å². The number of H-pyrrole nitrogens is 1. The molecule has 1 aliphatic rings. The van der Waals surface area contributed by atoms with Gasteiger partial charge in [0.15, 0.2) is 11.4 Å². The van der Waals surface area contributed by atoms with Crippen LogP contribution in [0.2, 0.25) is 0 Å². The Morgan fingerprint density at radius 1 is 1.45 bits per heavy atom. The molecule has 1 aliphatic heterocycles. The van der Waals surface area contributed by atoms with Crippen LogP contribution >= 0.6 is 0 Å². The third-order valence-electron chi connectivity index (χ3n) is 3.23. The average Bonchev–Trinajstić information content (AvgIpc) is 2.49. The number of carbonyl (C=O) groups excluding carboxylic acids is 1. The van der Waals surface area contributed by atoms with Crippen LogP contribution in [0.4, 0.5) is 0 Å². The van der Waals surface area contributed by atoms with Crippen molar-refractivity contribution in [3.05, 3.63) is 28.2 Å². The minimum Gasteiger partial charge on any atom is -0.487 e. The molecular formula is C14H21N3O3. The second-order valence-electron chi connectivity index (χ2n) is 4.82. The predicted octanol–water partition coefficient (Wildman–Crippen LogP) is 1.29. The number of hydrazine groups is 1. The number of rotatable bonds is 5. The smallest absolute Gasteiger partial charge is 0.288 e. The lowest BCUT2D eigenvalue weighted by Crippen LogP contribution is -2.47. The normalized spacial score (nSPS) is 15.2. The largest absolute Gasteiger partial charge is 0.487 e. The fourth-order valence-corrected chi connectivity index (χ4v) is 2.08. The first-order chi connectivity index (χ1) is 9.74. The van der Waals surface area contributed by atoms with Gasteiger partial charge in [-0.15, -0.1) is 0 Å². The number of amides is 1. The van der Waals surface area contributed by atoms with E-state index in [1.807, 2.05) is 6.92 Å². The second kappa shape index (κ2) is 7.09. The van der Waals surface area contributed by atoms with Gasteiger partial charge >= 0.3 is 0 Å². The first kappa shape index (κ1) is 14.6. The summed E-state index contributed by atoms with van der Waals surface area (Å²) in [6.07, 6.45) is 5.31. The Morgan fingerprint density at radius 2 is 2.30 bits per heavy atom.